The maximum absolute atomic E-state index is 9.66. The van der Waals surface area contributed by atoms with Crippen molar-refractivity contribution in [2.24, 2.45) is 0 Å². The van der Waals surface area contributed by atoms with Crippen molar-refractivity contribution in [2.45, 2.75) is 6.10 Å². The molecule has 0 amide bonds. The van der Waals surface area contributed by atoms with E-state index in [0.717, 1.165) is 0 Å². The van der Waals surface area contributed by atoms with Crippen LogP contribution in [0.1, 0.15) is 11.7 Å². The average molecular weight is 197 g/mol. The predicted octanol–water partition coefficient (Wildman–Crippen LogP) is 0.957. The van der Waals surface area contributed by atoms with Gasteiger partial charge in [-0.3, -0.25) is 0 Å². The fourth-order valence-corrected chi connectivity index (χ4v) is 1.28. The largest absolute Gasteiger partial charge is 0.495 e. The molecule has 0 saturated carbocycles. The Morgan fingerprint density at radius 3 is 2.71 bits per heavy atom. The number of anilines is 1. The zero-order chi connectivity index (χ0) is 10.6. The zero-order valence-electron chi connectivity index (χ0n) is 8.36. The lowest BCUT2D eigenvalue weighted by Crippen LogP contribution is -2.08. The summed E-state index contributed by atoms with van der Waals surface area (Å²) in [6, 6.07) is 5.28. The minimum atomic E-state index is -0.713. The first-order valence-electron chi connectivity index (χ1n) is 4.30. The van der Waals surface area contributed by atoms with Gasteiger partial charge in [0.15, 0.2) is 0 Å². The Hall–Kier alpha value is -1.26. The summed E-state index contributed by atoms with van der Waals surface area (Å²) < 4.78 is 9.88. The van der Waals surface area contributed by atoms with Crippen LogP contribution in [-0.2, 0) is 4.74 Å². The first-order valence-corrected chi connectivity index (χ1v) is 4.30. The number of nitrogens with two attached hydrogens (primary N) is 1. The molecule has 0 saturated heterocycles. The number of hydrogen-bond donors (Lipinski definition) is 2. The molecule has 3 N–H and O–H groups in total. The van der Waals surface area contributed by atoms with Gasteiger partial charge in [-0.15, -0.1) is 0 Å². The van der Waals surface area contributed by atoms with Gasteiger partial charge in [-0.25, -0.2) is 0 Å². The highest BCUT2D eigenvalue weighted by Crippen LogP contribution is 2.29. The lowest BCUT2D eigenvalue weighted by atomic mass is 10.1. The molecule has 1 rings (SSSR count). The van der Waals surface area contributed by atoms with Crippen molar-refractivity contribution < 1.29 is 14.6 Å². The molecule has 0 aliphatic rings. The Labute approximate surface area is 83.3 Å². The van der Waals surface area contributed by atoms with Crippen LogP contribution >= 0.6 is 0 Å². The van der Waals surface area contributed by atoms with Gasteiger partial charge in [-0.05, 0) is 6.07 Å². The molecule has 1 aromatic rings. The van der Waals surface area contributed by atoms with Crippen LogP contribution in [-0.4, -0.2) is 25.9 Å². The molecule has 0 fully saturated rings. The highest BCUT2D eigenvalue weighted by atomic mass is 16.5. The lowest BCUT2D eigenvalue weighted by Gasteiger charge is -2.14. The molecule has 4 heteroatoms. The summed E-state index contributed by atoms with van der Waals surface area (Å²) in [6.07, 6.45) is -0.713. The number of rotatable bonds is 4. The average Bonchev–Trinajstić information content (AvgIpc) is 2.18. The second-order valence-electron chi connectivity index (χ2n) is 2.93. The maximum atomic E-state index is 9.66. The zero-order valence-corrected chi connectivity index (χ0v) is 8.36. The molecule has 14 heavy (non-hydrogen) atoms. The van der Waals surface area contributed by atoms with Crippen LogP contribution in [0.3, 0.4) is 0 Å². The Morgan fingerprint density at radius 1 is 1.43 bits per heavy atom. The summed E-state index contributed by atoms with van der Waals surface area (Å²) in [5, 5.41) is 9.66. The quantitative estimate of drug-likeness (QED) is 0.705. The van der Waals surface area contributed by atoms with Crippen LogP contribution < -0.4 is 10.5 Å². The molecule has 0 spiro atoms. The van der Waals surface area contributed by atoms with Gasteiger partial charge in [0.1, 0.15) is 11.9 Å². The molecule has 0 radical (unpaired) electrons. The van der Waals surface area contributed by atoms with Crippen molar-refractivity contribution >= 4 is 5.69 Å². The Bertz CT molecular complexity index is 301. The van der Waals surface area contributed by atoms with Gasteiger partial charge < -0.3 is 20.3 Å². The predicted molar refractivity (Wildman–Crippen MR) is 54.2 cm³/mol. The number of aliphatic hydroxyl groups is 1. The van der Waals surface area contributed by atoms with Crippen LogP contribution in [0, 0.1) is 0 Å². The van der Waals surface area contributed by atoms with Crippen LogP contribution in [0.25, 0.3) is 0 Å². The van der Waals surface area contributed by atoms with Gasteiger partial charge in [-0.2, -0.15) is 0 Å². The number of hydrogen-bond acceptors (Lipinski definition) is 4. The van der Waals surface area contributed by atoms with Gasteiger partial charge in [0.2, 0.25) is 0 Å². The number of para-hydroxylation sites is 1. The molecule has 0 aliphatic carbocycles. The monoisotopic (exact) mass is 197 g/mol. The molecule has 78 valence electrons. The van der Waals surface area contributed by atoms with E-state index in [1.807, 2.05) is 0 Å². The van der Waals surface area contributed by atoms with Crippen LogP contribution in [0.4, 0.5) is 5.69 Å². The van der Waals surface area contributed by atoms with Crippen molar-refractivity contribution in [2.75, 3.05) is 26.6 Å². The van der Waals surface area contributed by atoms with Crippen molar-refractivity contribution in [1.82, 2.24) is 0 Å². The van der Waals surface area contributed by atoms with E-state index in [4.69, 9.17) is 15.2 Å². The van der Waals surface area contributed by atoms with Gasteiger partial charge >= 0.3 is 0 Å². The second kappa shape index (κ2) is 4.83. The van der Waals surface area contributed by atoms with E-state index in [0.29, 0.717) is 17.0 Å². The summed E-state index contributed by atoms with van der Waals surface area (Å²) in [7, 11) is 3.07. The fourth-order valence-electron chi connectivity index (χ4n) is 1.28. The van der Waals surface area contributed by atoms with E-state index in [9.17, 15) is 5.11 Å². The van der Waals surface area contributed by atoms with E-state index in [1.165, 1.54) is 14.2 Å². The molecular formula is C10H15NO3. The minimum absolute atomic E-state index is 0.220. The van der Waals surface area contributed by atoms with Gasteiger partial charge in [0, 0.05) is 12.7 Å². The summed E-state index contributed by atoms with van der Waals surface area (Å²) in [4.78, 5) is 0. The van der Waals surface area contributed by atoms with Crippen molar-refractivity contribution in [3.05, 3.63) is 23.8 Å². The van der Waals surface area contributed by atoms with Crippen molar-refractivity contribution in [3.8, 4) is 5.75 Å². The third kappa shape index (κ3) is 2.16. The van der Waals surface area contributed by atoms with E-state index in [1.54, 1.807) is 18.2 Å². The summed E-state index contributed by atoms with van der Waals surface area (Å²) >= 11 is 0. The maximum Gasteiger partial charge on any atom is 0.142 e. The number of methoxy groups -OCH3 is 2. The lowest BCUT2D eigenvalue weighted by molar-refractivity contribution is 0.0647. The van der Waals surface area contributed by atoms with Crippen molar-refractivity contribution in [3.63, 3.8) is 0 Å². The topological polar surface area (TPSA) is 64.7 Å². The van der Waals surface area contributed by atoms with E-state index >= 15 is 0 Å². The minimum Gasteiger partial charge on any atom is -0.495 e. The fraction of sp³-hybridized carbons (Fsp3) is 0.400. The Balaban J connectivity index is 2.96. The molecule has 1 unspecified atom stereocenters. The van der Waals surface area contributed by atoms with E-state index in [-0.39, 0.29) is 6.61 Å². The van der Waals surface area contributed by atoms with Gasteiger partial charge in [0.05, 0.1) is 19.4 Å². The summed E-state index contributed by atoms with van der Waals surface area (Å²) in [6.45, 7) is 0.220. The van der Waals surface area contributed by atoms with E-state index < -0.39 is 6.10 Å². The van der Waals surface area contributed by atoms with Crippen LogP contribution in [0.5, 0.6) is 5.75 Å². The molecule has 0 aromatic heterocycles. The third-order valence-electron chi connectivity index (χ3n) is 2.00. The smallest absolute Gasteiger partial charge is 0.142 e. The Morgan fingerprint density at radius 2 is 2.14 bits per heavy atom. The molecule has 1 atom stereocenters. The summed E-state index contributed by atoms with van der Waals surface area (Å²) in [5.41, 5.74) is 6.87. The molecule has 1 aromatic carbocycles. The molecule has 4 nitrogen and oxygen atoms in total. The number of ether oxygens (including phenoxy) is 2. The van der Waals surface area contributed by atoms with Gasteiger partial charge in [-0.1, -0.05) is 12.1 Å². The first-order chi connectivity index (χ1) is 6.70. The Kier molecular flexibility index (Phi) is 3.73. The molecule has 0 bridgehead atoms. The SMILES string of the molecule is COCC(O)c1cccc(OC)c1N. The third-order valence-corrected chi connectivity index (χ3v) is 2.00. The number of benzene rings is 1. The van der Waals surface area contributed by atoms with E-state index in [2.05, 4.69) is 0 Å². The standard InChI is InChI=1S/C10H15NO3/c1-13-6-8(12)7-4-3-5-9(14-2)10(7)11/h3-5,8,12H,6,11H2,1-2H3. The second-order valence-corrected chi connectivity index (χ2v) is 2.93. The van der Waals surface area contributed by atoms with Crippen molar-refractivity contribution in [1.29, 1.82) is 0 Å². The molecule has 0 heterocycles. The summed E-state index contributed by atoms with van der Waals surface area (Å²) in [5.74, 6) is 0.567. The highest BCUT2D eigenvalue weighted by molar-refractivity contribution is 5.59. The number of aliphatic hydroxyl groups excluding tert-OH is 1. The highest BCUT2D eigenvalue weighted by Gasteiger charge is 2.13. The molecular weight excluding hydrogens is 182 g/mol. The molecule has 0 aliphatic heterocycles. The van der Waals surface area contributed by atoms with Crippen LogP contribution in [0.15, 0.2) is 18.2 Å². The normalized spacial score (nSPS) is 12.5. The number of nitrogen functional groups attached to an aromatic ring is 1. The first kappa shape index (κ1) is 10.8. The van der Waals surface area contributed by atoms with Gasteiger partial charge in [0.25, 0.3) is 0 Å². The van der Waals surface area contributed by atoms with Crippen LogP contribution in [0.2, 0.25) is 0 Å².